The Hall–Kier alpha value is -3.41. The van der Waals surface area contributed by atoms with Gasteiger partial charge in [0.25, 0.3) is 11.6 Å². The highest BCUT2D eigenvalue weighted by Gasteiger charge is 2.15. The molecule has 3 aromatic rings. The van der Waals surface area contributed by atoms with Gasteiger partial charge in [-0.25, -0.2) is 0 Å². The average Bonchev–Trinajstić information content (AvgIpc) is 3.11. The summed E-state index contributed by atoms with van der Waals surface area (Å²) in [6.07, 6.45) is 3.84. The van der Waals surface area contributed by atoms with Crippen LogP contribution in [0.4, 0.5) is 11.4 Å². The number of amides is 1. The van der Waals surface area contributed by atoms with E-state index in [2.05, 4.69) is 5.32 Å². The quantitative estimate of drug-likeness (QED) is 0.584. The molecule has 1 amide bonds. The van der Waals surface area contributed by atoms with Crippen LogP contribution in [0.1, 0.15) is 15.9 Å². The fraction of sp³-hybridized carbons (Fsp3) is 0.0556. The number of carbonyl (C=O) groups is 1. The second-order valence-electron chi connectivity index (χ2n) is 5.30. The molecule has 6 heteroatoms. The lowest BCUT2D eigenvalue weighted by atomic mass is 10.1. The summed E-state index contributed by atoms with van der Waals surface area (Å²) in [5.41, 5.74) is 2.28. The van der Waals surface area contributed by atoms with Crippen LogP contribution in [0.5, 0.6) is 0 Å². The molecule has 120 valence electrons. The van der Waals surface area contributed by atoms with Crippen LogP contribution < -0.4 is 5.32 Å². The molecule has 1 N–H and O–H groups in total. The number of anilines is 1. The van der Waals surface area contributed by atoms with Gasteiger partial charge in [0.1, 0.15) is 0 Å². The standard InChI is InChI=1S/C18H15N3O3/c1-13-16(5-4-6-17(13)21(23)24)19-18(22)14-7-9-15(10-8-14)20-11-2-3-12-20/h2-12H,1H3,(H,19,22). The van der Waals surface area contributed by atoms with E-state index in [1.165, 1.54) is 6.07 Å². The van der Waals surface area contributed by atoms with E-state index in [1.54, 1.807) is 31.2 Å². The van der Waals surface area contributed by atoms with Gasteiger partial charge in [-0.2, -0.15) is 0 Å². The predicted molar refractivity (Wildman–Crippen MR) is 91.6 cm³/mol. The van der Waals surface area contributed by atoms with Gasteiger partial charge in [-0.1, -0.05) is 6.07 Å². The number of rotatable bonds is 4. The van der Waals surface area contributed by atoms with Crippen molar-refractivity contribution in [2.24, 2.45) is 0 Å². The lowest BCUT2D eigenvalue weighted by Crippen LogP contribution is -2.13. The Labute approximate surface area is 138 Å². The van der Waals surface area contributed by atoms with Crippen LogP contribution in [0.15, 0.2) is 67.0 Å². The van der Waals surface area contributed by atoms with E-state index >= 15 is 0 Å². The maximum absolute atomic E-state index is 12.4. The summed E-state index contributed by atoms with van der Waals surface area (Å²) in [6, 6.07) is 15.6. The fourth-order valence-corrected chi connectivity index (χ4v) is 2.44. The molecule has 2 aromatic carbocycles. The second kappa shape index (κ2) is 6.37. The molecular formula is C18H15N3O3. The first-order valence-corrected chi connectivity index (χ1v) is 7.35. The minimum Gasteiger partial charge on any atom is -0.324 e. The summed E-state index contributed by atoms with van der Waals surface area (Å²) in [7, 11) is 0. The van der Waals surface area contributed by atoms with Crippen LogP contribution in [0.3, 0.4) is 0 Å². The largest absolute Gasteiger partial charge is 0.324 e. The molecule has 3 rings (SSSR count). The molecule has 0 spiro atoms. The van der Waals surface area contributed by atoms with Crippen molar-refractivity contribution in [3.05, 3.63) is 88.2 Å². The molecule has 0 fully saturated rings. The minimum atomic E-state index is -0.461. The summed E-state index contributed by atoms with van der Waals surface area (Å²) in [6.45, 7) is 1.61. The zero-order valence-electron chi connectivity index (χ0n) is 13.0. The number of nitro groups is 1. The third-order valence-electron chi connectivity index (χ3n) is 3.78. The molecule has 24 heavy (non-hydrogen) atoms. The van der Waals surface area contributed by atoms with Gasteiger partial charge >= 0.3 is 0 Å². The molecule has 1 heterocycles. The molecule has 0 saturated carbocycles. The summed E-state index contributed by atoms with van der Waals surface area (Å²) in [5.74, 6) is -0.308. The third-order valence-corrected chi connectivity index (χ3v) is 3.78. The van der Waals surface area contributed by atoms with Crippen molar-refractivity contribution in [2.75, 3.05) is 5.32 Å². The van der Waals surface area contributed by atoms with Gasteiger partial charge < -0.3 is 9.88 Å². The van der Waals surface area contributed by atoms with E-state index in [9.17, 15) is 14.9 Å². The maximum Gasteiger partial charge on any atom is 0.274 e. The SMILES string of the molecule is Cc1c(NC(=O)c2ccc(-n3cccc3)cc2)cccc1[N+](=O)[O-]. The van der Waals surface area contributed by atoms with E-state index in [1.807, 2.05) is 41.2 Å². The van der Waals surface area contributed by atoms with Crippen molar-refractivity contribution in [1.82, 2.24) is 4.57 Å². The Bertz CT molecular complexity index is 884. The molecule has 0 bridgehead atoms. The van der Waals surface area contributed by atoms with Crippen LogP contribution in [0.25, 0.3) is 5.69 Å². The number of nitrogens with zero attached hydrogens (tertiary/aromatic N) is 2. The lowest BCUT2D eigenvalue weighted by molar-refractivity contribution is -0.385. The molecule has 0 saturated heterocycles. The van der Waals surface area contributed by atoms with Crippen LogP contribution in [-0.2, 0) is 0 Å². The number of benzene rings is 2. The number of hydrogen-bond donors (Lipinski definition) is 1. The normalized spacial score (nSPS) is 10.4. The molecule has 0 aliphatic heterocycles. The number of nitrogens with one attached hydrogen (secondary N) is 1. The maximum atomic E-state index is 12.4. The molecule has 0 radical (unpaired) electrons. The van der Waals surface area contributed by atoms with E-state index < -0.39 is 4.92 Å². The average molecular weight is 321 g/mol. The summed E-state index contributed by atoms with van der Waals surface area (Å²) in [4.78, 5) is 22.9. The van der Waals surface area contributed by atoms with E-state index in [4.69, 9.17) is 0 Å². The molecule has 1 aromatic heterocycles. The molecule has 0 aliphatic carbocycles. The Kier molecular flexibility index (Phi) is 4.11. The molecule has 0 atom stereocenters. The molecule has 0 unspecified atom stereocenters. The number of aromatic nitrogens is 1. The summed E-state index contributed by atoms with van der Waals surface area (Å²) >= 11 is 0. The summed E-state index contributed by atoms with van der Waals surface area (Å²) < 4.78 is 1.94. The van der Waals surface area contributed by atoms with Crippen LogP contribution in [-0.4, -0.2) is 15.4 Å². The lowest BCUT2D eigenvalue weighted by Gasteiger charge is -2.09. The van der Waals surface area contributed by atoms with Crippen molar-refractivity contribution in [1.29, 1.82) is 0 Å². The topological polar surface area (TPSA) is 77.2 Å². The van der Waals surface area contributed by atoms with E-state index in [0.717, 1.165) is 5.69 Å². The van der Waals surface area contributed by atoms with Gasteiger partial charge in [-0.15, -0.1) is 0 Å². The van der Waals surface area contributed by atoms with Crippen molar-refractivity contribution in [3.8, 4) is 5.69 Å². The Morgan fingerprint density at radius 3 is 2.33 bits per heavy atom. The first kappa shape index (κ1) is 15.5. The Morgan fingerprint density at radius 2 is 1.71 bits per heavy atom. The first-order chi connectivity index (χ1) is 11.6. The number of nitro benzene ring substituents is 1. The van der Waals surface area contributed by atoms with Crippen LogP contribution in [0, 0.1) is 17.0 Å². The zero-order valence-corrected chi connectivity index (χ0v) is 13.0. The van der Waals surface area contributed by atoms with Gasteiger partial charge in [0.15, 0.2) is 0 Å². The number of carbonyl (C=O) groups excluding carboxylic acids is 1. The van der Waals surface area contributed by atoms with Crippen molar-refractivity contribution < 1.29 is 9.72 Å². The van der Waals surface area contributed by atoms with Crippen molar-refractivity contribution >= 4 is 17.3 Å². The van der Waals surface area contributed by atoms with E-state index in [0.29, 0.717) is 16.8 Å². The Morgan fingerprint density at radius 1 is 1.04 bits per heavy atom. The predicted octanol–water partition coefficient (Wildman–Crippen LogP) is 3.95. The smallest absolute Gasteiger partial charge is 0.274 e. The third kappa shape index (κ3) is 3.03. The first-order valence-electron chi connectivity index (χ1n) is 7.35. The fourth-order valence-electron chi connectivity index (χ4n) is 2.44. The highest BCUT2D eigenvalue weighted by atomic mass is 16.6. The van der Waals surface area contributed by atoms with Crippen molar-refractivity contribution in [3.63, 3.8) is 0 Å². The minimum absolute atomic E-state index is 0.0178. The monoisotopic (exact) mass is 321 g/mol. The van der Waals surface area contributed by atoms with Gasteiger partial charge in [-0.05, 0) is 49.4 Å². The highest BCUT2D eigenvalue weighted by molar-refractivity contribution is 6.05. The number of hydrogen-bond acceptors (Lipinski definition) is 3. The van der Waals surface area contributed by atoms with Crippen molar-refractivity contribution in [2.45, 2.75) is 6.92 Å². The van der Waals surface area contributed by atoms with Gasteiger partial charge in [0.05, 0.1) is 16.2 Å². The molecule has 6 nitrogen and oxygen atoms in total. The van der Waals surface area contributed by atoms with Crippen LogP contribution in [0.2, 0.25) is 0 Å². The molecular weight excluding hydrogens is 306 g/mol. The van der Waals surface area contributed by atoms with E-state index in [-0.39, 0.29) is 11.6 Å². The molecule has 0 aliphatic rings. The zero-order chi connectivity index (χ0) is 17.1. The van der Waals surface area contributed by atoms with Gasteiger partial charge in [0.2, 0.25) is 0 Å². The highest BCUT2D eigenvalue weighted by Crippen LogP contribution is 2.25. The van der Waals surface area contributed by atoms with Gasteiger partial charge in [-0.3, -0.25) is 14.9 Å². The van der Waals surface area contributed by atoms with Gasteiger partial charge in [0, 0.05) is 29.7 Å². The second-order valence-corrected chi connectivity index (χ2v) is 5.30. The van der Waals surface area contributed by atoms with Crippen LogP contribution >= 0.6 is 0 Å². The Balaban J connectivity index is 1.81. The summed E-state index contributed by atoms with van der Waals surface area (Å²) in [5, 5.41) is 13.7.